The summed E-state index contributed by atoms with van der Waals surface area (Å²) in [5, 5.41) is 5.02. The second-order valence-corrected chi connectivity index (χ2v) is 3.07. The molecule has 84 valence electrons. The monoisotopic (exact) mass is 219 g/mol. The number of nitrogens with two attached hydrogens (primary N) is 1. The van der Waals surface area contributed by atoms with E-state index in [4.69, 9.17) is 5.73 Å². The maximum atomic E-state index is 11.5. The highest BCUT2D eigenvalue weighted by atomic mass is 16.2. The molecule has 0 saturated carbocycles. The normalized spacial score (nSPS) is 9.25. The van der Waals surface area contributed by atoms with Gasteiger partial charge in [-0.05, 0) is 18.2 Å². The van der Waals surface area contributed by atoms with Gasteiger partial charge in [-0.25, -0.2) is 4.79 Å². The summed E-state index contributed by atoms with van der Waals surface area (Å²) < 4.78 is 0. The first-order valence-corrected chi connectivity index (χ1v) is 4.69. The number of carbonyl (C=O) groups excluding carboxylic acids is 2. The fourth-order valence-corrected chi connectivity index (χ4v) is 1.15. The second kappa shape index (κ2) is 5.55. The van der Waals surface area contributed by atoms with E-state index in [0.717, 1.165) is 0 Å². The molecule has 5 nitrogen and oxygen atoms in total. The number of primary amides is 1. The molecule has 16 heavy (non-hydrogen) atoms. The van der Waals surface area contributed by atoms with Crippen molar-refractivity contribution in [3.63, 3.8) is 0 Å². The number of benzene rings is 1. The Kier molecular flexibility index (Phi) is 4.08. The van der Waals surface area contributed by atoms with E-state index in [1.807, 2.05) is 0 Å². The van der Waals surface area contributed by atoms with Crippen molar-refractivity contribution < 1.29 is 9.59 Å². The molecule has 0 atom stereocenters. The number of nitrogens with one attached hydrogen (secondary N) is 2. The standard InChI is InChI=1S/C11H13N3O2/c1-2-6-13-10(15)8-4-3-5-9(7-8)14-11(12)16/h2-5,7H,1,6H2,(H,13,15)(H3,12,14,16). The van der Waals surface area contributed by atoms with Crippen molar-refractivity contribution in [1.29, 1.82) is 0 Å². The number of rotatable bonds is 4. The Morgan fingerprint density at radius 2 is 2.19 bits per heavy atom. The van der Waals surface area contributed by atoms with Gasteiger partial charge in [0.05, 0.1) is 0 Å². The van der Waals surface area contributed by atoms with Gasteiger partial charge in [-0.15, -0.1) is 6.58 Å². The molecule has 0 aromatic heterocycles. The van der Waals surface area contributed by atoms with Crippen molar-refractivity contribution in [3.8, 4) is 0 Å². The average molecular weight is 219 g/mol. The first-order valence-electron chi connectivity index (χ1n) is 4.69. The van der Waals surface area contributed by atoms with Crippen molar-refractivity contribution in [1.82, 2.24) is 5.32 Å². The van der Waals surface area contributed by atoms with Gasteiger partial charge in [0, 0.05) is 17.8 Å². The number of hydrogen-bond acceptors (Lipinski definition) is 2. The lowest BCUT2D eigenvalue weighted by Gasteiger charge is -2.05. The highest BCUT2D eigenvalue weighted by Gasteiger charge is 2.05. The molecular weight excluding hydrogens is 206 g/mol. The molecule has 0 spiro atoms. The van der Waals surface area contributed by atoms with E-state index >= 15 is 0 Å². The average Bonchev–Trinajstić information content (AvgIpc) is 2.25. The summed E-state index contributed by atoms with van der Waals surface area (Å²) >= 11 is 0. The first-order chi connectivity index (χ1) is 7.63. The van der Waals surface area contributed by atoms with Crippen LogP contribution in [-0.4, -0.2) is 18.5 Å². The van der Waals surface area contributed by atoms with Crippen molar-refractivity contribution in [3.05, 3.63) is 42.5 Å². The Morgan fingerprint density at radius 3 is 2.81 bits per heavy atom. The van der Waals surface area contributed by atoms with E-state index < -0.39 is 6.03 Å². The zero-order valence-electron chi connectivity index (χ0n) is 8.69. The largest absolute Gasteiger partial charge is 0.351 e. The molecule has 1 aromatic rings. The van der Waals surface area contributed by atoms with Crippen molar-refractivity contribution in [2.45, 2.75) is 0 Å². The Labute approximate surface area is 93.3 Å². The molecule has 1 aromatic carbocycles. The topological polar surface area (TPSA) is 84.2 Å². The smallest absolute Gasteiger partial charge is 0.316 e. The van der Waals surface area contributed by atoms with E-state index in [1.54, 1.807) is 30.3 Å². The lowest BCUT2D eigenvalue weighted by atomic mass is 10.2. The summed E-state index contributed by atoms with van der Waals surface area (Å²) in [7, 11) is 0. The minimum atomic E-state index is -0.663. The molecule has 0 saturated heterocycles. The molecule has 0 aliphatic heterocycles. The van der Waals surface area contributed by atoms with Gasteiger partial charge in [-0.2, -0.15) is 0 Å². The van der Waals surface area contributed by atoms with Crippen LogP contribution in [0, 0.1) is 0 Å². The molecule has 0 heterocycles. The third kappa shape index (κ3) is 3.45. The maximum Gasteiger partial charge on any atom is 0.316 e. The number of hydrogen-bond donors (Lipinski definition) is 3. The highest BCUT2D eigenvalue weighted by Crippen LogP contribution is 2.10. The Morgan fingerprint density at radius 1 is 1.44 bits per heavy atom. The van der Waals surface area contributed by atoms with E-state index in [2.05, 4.69) is 17.2 Å². The van der Waals surface area contributed by atoms with E-state index in [-0.39, 0.29) is 5.91 Å². The SMILES string of the molecule is C=CCNC(=O)c1cccc(NC(N)=O)c1. The van der Waals surface area contributed by atoms with Crippen LogP contribution in [-0.2, 0) is 0 Å². The van der Waals surface area contributed by atoms with Gasteiger partial charge in [-0.1, -0.05) is 12.1 Å². The van der Waals surface area contributed by atoms with Crippen molar-refractivity contribution in [2.24, 2.45) is 5.73 Å². The number of amides is 3. The van der Waals surface area contributed by atoms with Gasteiger partial charge in [0.15, 0.2) is 0 Å². The highest BCUT2D eigenvalue weighted by molar-refractivity contribution is 5.96. The fraction of sp³-hybridized carbons (Fsp3) is 0.0909. The quantitative estimate of drug-likeness (QED) is 0.662. The molecule has 0 aliphatic rings. The molecular formula is C11H13N3O2. The third-order valence-corrected chi connectivity index (χ3v) is 1.80. The number of carbonyl (C=O) groups is 2. The minimum Gasteiger partial charge on any atom is -0.351 e. The predicted molar refractivity (Wildman–Crippen MR) is 62.2 cm³/mol. The lowest BCUT2D eigenvalue weighted by Crippen LogP contribution is -2.24. The van der Waals surface area contributed by atoms with Crippen LogP contribution in [0.25, 0.3) is 0 Å². The summed E-state index contributed by atoms with van der Waals surface area (Å²) in [5.41, 5.74) is 5.90. The van der Waals surface area contributed by atoms with Crippen LogP contribution in [0.5, 0.6) is 0 Å². The lowest BCUT2D eigenvalue weighted by molar-refractivity contribution is 0.0958. The summed E-state index contributed by atoms with van der Waals surface area (Å²) in [6.45, 7) is 3.89. The van der Waals surface area contributed by atoms with Gasteiger partial charge in [0.25, 0.3) is 5.91 Å². The summed E-state index contributed by atoms with van der Waals surface area (Å²) in [6, 6.07) is 5.83. The predicted octanol–water partition coefficient (Wildman–Crippen LogP) is 1.09. The minimum absolute atomic E-state index is 0.229. The third-order valence-electron chi connectivity index (χ3n) is 1.80. The first kappa shape index (κ1) is 11.8. The van der Waals surface area contributed by atoms with E-state index in [0.29, 0.717) is 17.8 Å². The maximum absolute atomic E-state index is 11.5. The second-order valence-electron chi connectivity index (χ2n) is 3.07. The van der Waals surface area contributed by atoms with Crippen LogP contribution in [0.3, 0.4) is 0 Å². The number of anilines is 1. The van der Waals surface area contributed by atoms with E-state index in [1.165, 1.54) is 0 Å². The van der Waals surface area contributed by atoms with Crippen LogP contribution in [0.1, 0.15) is 10.4 Å². The van der Waals surface area contributed by atoms with Gasteiger partial charge in [0.1, 0.15) is 0 Å². The summed E-state index contributed by atoms with van der Waals surface area (Å²) in [5.74, 6) is -0.229. The molecule has 4 N–H and O–H groups in total. The van der Waals surface area contributed by atoms with Gasteiger partial charge < -0.3 is 16.4 Å². The van der Waals surface area contributed by atoms with Gasteiger partial charge >= 0.3 is 6.03 Å². The summed E-state index contributed by atoms with van der Waals surface area (Å²) in [6.07, 6.45) is 1.59. The van der Waals surface area contributed by atoms with Gasteiger partial charge in [-0.3, -0.25) is 4.79 Å². The van der Waals surface area contributed by atoms with Gasteiger partial charge in [0.2, 0.25) is 0 Å². The Bertz CT molecular complexity index is 415. The zero-order chi connectivity index (χ0) is 12.0. The number of urea groups is 1. The Hall–Kier alpha value is -2.30. The van der Waals surface area contributed by atoms with Crippen LogP contribution in [0.2, 0.25) is 0 Å². The molecule has 3 amide bonds. The molecule has 0 bridgehead atoms. The fourth-order valence-electron chi connectivity index (χ4n) is 1.15. The zero-order valence-corrected chi connectivity index (χ0v) is 8.69. The molecule has 0 unspecified atom stereocenters. The van der Waals surface area contributed by atoms with Crippen molar-refractivity contribution >= 4 is 17.6 Å². The molecule has 0 aliphatic carbocycles. The van der Waals surface area contributed by atoms with Crippen LogP contribution in [0.4, 0.5) is 10.5 Å². The van der Waals surface area contributed by atoms with Crippen LogP contribution in [0.15, 0.2) is 36.9 Å². The van der Waals surface area contributed by atoms with Crippen LogP contribution >= 0.6 is 0 Å². The molecule has 0 radical (unpaired) electrons. The van der Waals surface area contributed by atoms with E-state index in [9.17, 15) is 9.59 Å². The molecule has 5 heteroatoms. The van der Waals surface area contributed by atoms with Crippen molar-refractivity contribution in [2.75, 3.05) is 11.9 Å². The summed E-state index contributed by atoms with van der Waals surface area (Å²) in [4.78, 5) is 22.2. The Balaban J connectivity index is 2.77. The molecule has 1 rings (SSSR count). The molecule has 0 fully saturated rings. The van der Waals surface area contributed by atoms with Crippen LogP contribution < -0.4 is 16.4 Å².